The number of hydrogen-bond acceptors (Lipinski definition) is 7. The average molecular weight is 405 g/mol. The average Bonchev–Trinajstić information content (AvgIpc) is 2.55. The van der Waals surface area contributed by atoms with Gasteiger partial charge in [-0.05, 0) is 12.3 Å². The lowest BCUT2D eigenvalue weighted by molar-refractivity contribution is -0.138. The molecule has 0 saturated carbocycles. The minimum atomic E-state index is -1.24. The Labute approximate surface area is 162 Å². The van der Waals surface area contributed by atoms with Crippen LogP contribution >= 0.6 is 12.6 Å². The summed E-state index contributed by atoms with van der Waals surface area (Å²) < 4.78 is 0. The van der Waals surface area contributed by atoms with E-state index in [0.717, 1.165) is 0 Å². The molecule has 0 aliphatic carbocycles. The van der Waals surface area contributed by atoms with Gasteiger partial charge in [0.2, 0.25) is 23.6 Å². The van der Waals surface area contributed by atoms with Crippen molar-refractivity contribution in [2.24, 2.45) is 17.4 Å². The SMILES string of the molecule is CC(C)CC(NC(=O)C(N)CC(N)=O)C(=O)NC(CS)C(=O)NCC(=O)O. The van der Waals surface area contributed by atoms with Gasteiger partial charge in [0.05, 0.1) is 12.5 Å². The highest BCUT2D eigenvalue weighted by molar-refractivity contribution is 7.80. The molecule has 3 unspecified atom stereocenters. The van der Waals surface area contributed by atoms with E-state index in [4.69, 9.17) is 16.6 Å². The Morgan fingerprint density at radius 2 is 1.56 bits per heavy atom. The van der Waals surface area contributed by atoms with E-state index in [-0.39, 0.29) is 24.5 Å². The fraction of sp³-hybridized carbons (Fsp3) is 0.667. The van der Waals surface area contributed by atoms with Crippen LogP contribution < -0.4 is 27.4 Å². The quantitative estimate of drug-likeness (QED) is 0.172. The topological polar surface area (TPSA) is 194 Å². The van der Waals surface area contributed by atoms with Gasteiger partial charge in [-0.15, -0.1) is 0 Å². The van der Waals surface area contributed by atoms with Gasteiger partial charge < -0.3 is 32.5 Å². The summed E-state index contributed by atoms with van der Waals surface area (Å²) in [5.74, 6) is -4.17. The maximum atomic E-state index is 12.5. The molecule has 0 saturated heterocycles. The molecule has 0 radical (unpaired) electrons. The number of nitrogens with two attached hydrogens (primary N) is 2. The van der Waals surface area contributed by atoms with E-state index >= 15 is 0 Å². The first-order valence-corrected chi connectivity index (χ1v) is 8.86. The zero-order chi connectivity index (χ0) is 21.1. The van der Waals surface area contributed by atoms with Gasteiger partial charge in [-0.1, -0.05) is 13.8 Å². The summed E-state index contributed by atoms with van der Waals surface area (Å²) >= 11 is 3.97. The summed E-state index contributed by atoms with van der Waals surface area (Å²) in [4.78, 5) is 57.8. The first-order valence-electron chi connectivity index (χ1n) is 8.22. The summed E-state index contributed by atoms with van der Waals surface area (Å²) in [7, 11) is 0. The van der Waals surface area contributed by atoms with Crippen molar-refractivity contribution in [2.75, 3.05) is 12.3 Å². The zero-order valence-corrected chi connectivity index (χ0v) is 16.1. The van der Waals surface area contributed by atoms with Crippen LogP contribution in [0.4, 0.5) is 0 Å². The molecule has 0 bridgehead atoms. The summed E-state index contributed by atoms with van der Waals surface area (Å²) in [6, 6.07) is -3.30. The molecule has 11 nitrogen and oxygen atoms in total. The number of carbonyl (C=O) groups is 5. The Hall–Kier alpha value is -2.34. The highest BCUT2D eigenvalue weighted by atomic mass is 32.1. The standard InChI is InChI=1S/C15H27N5O6S/c1-7(2)3-9(19-13(24)8(16)4-11(17)21)15(26)20-10(6-27)14(25)18-5-12(22)23/h7-10,27H,3-6,16H2,1-2H3,(H2,17,21)(H,18,25)(H,19,24)(H,20,26)(H,22,23). The monoisotopic (exact) mass is 405 g/mol. The van der Waals surface area contributed by atoms with Crippen LogP contribution in [0.15, 0.2) is 0 Å². The predicted octanol–water partition coefficient (Wildman–Crippen LogP) is -2.66. The molecular weight excluding hydrogens is 378 g/mol. The van der Waals surface area contributed by atoms with Crippen molar-refractivity contribution in [1.29, 1.82) is 0 Å². The van der Waals surface area contributed by atoms with Crippen LogP contribution in [0.25, 0.3) is 0 Å². The number of amides is 4. The molecule has 8 N–H and O–H groups in total. The van der Waals surface area contributed by atoms with Gasteiger partial charge in [-0.2, -0.15) is 12.6 Å². The minimum Gasteiger partial charge on any atom is -0.480 e. The van der Waals surface area contributed by atoms with E-state index in [1.165, 1.54) is 0 Å². The molecule has 4 amide bonds. The van der Waals surface area contributed by atoms with Crippen LogP contribution in [0, 0.1) is 5.92 Å². The molecule has 0 aromatic heterocycles. The lowest BCUT2D eigenvalue weighted by Crippen LogP contribution is -2.57. The van der Waals surface area contributed by atoms with Gasteiger partial charge >= 0.3 is 5.97 Å². The van der Waals surface area contributed by atoms with Crippen LogP contribution in [-0.4, -0.2) is 65.1 Å². The Kier molecular flexibility index (Phi) is 11.1. The maximum absolute atomic E-state index is 12.5. The van der Waals surface area contributed by atoms with E-state index in [1.807, 2.05) is 13.8 Å². The van der Waals surface area contributed by atoms with Crippen molar-refractivity contribution in [3.63, 3.8) is 0 Å². The Morgan fingerprint density at radius 3 is 2.00 bits per heavy atom. The zero-order valence-electron chi connectivity index (χ0n) is 15.2. The molecule has 0 aliphatic rings. The molecule has 0 aromatic rings. The molecule has 27 heavy (non-hydrogen) atoms. The summed E-state index contributed by atoms with van der Waals surface area (Å²) in [5, 5.41) is 15.6. The largest absolute Gasteiger partial charge is 0.480 e. The van der Waals surface area contributed by atoms with Crippen LogP contribution in [0.2, 0.25) is 0 Å². The van der Waals surface area contributed by atoms with Gasteiger partial charge in [0.25, 0.3) is 0 Å². The fourth-order valence-corrected chi connectivity index (χ4v) is 2.30. The van der Waals surface area contributed by atoms with E-state index in [2.05, 4.69) is 28.6 Å². The number of carboxylic acids is 1. The molecule has 0 aromatic carbocycles. The highest BCUT2D eigenvalue weighted by Crippen LogP contribution is 2.06. The van der Waals surface area contributed by atoms with Gasteiger partial charge in [-0.3, -0.25) is 24.0 Å². The second-order valence-corrected chi connectivity index (χ2v) is 6.69. The van der Waals surface area contributed by atoms with Gasteiger partial charge in [0.15, 0.2) is 0 Å². The lowest BCUT2D eigenvalue weighted by atomic mass is 10.0. The number of primary amides is 1. The minimum absolute atomic E-state index is 0.0173. The van der Waals surface area contributed by atoms with Gasteiger partial charge in [0, 0.05) is 5.75 Å². The predicted molar refractivity (Wildman–Crippen MR) is 99.6 cm³/mol. The maximum Gasteiger partial charge on any atom is 0.322 e. The number of thiol groups is 1. The number of carboxylic acid groups (broad SMARTS) is 1. The van der Waals surface area contributed by atoms with Crippen molar-refractivity contribution in [1.82, 2.24) is 16.0 Å². The van der Waals surface area contributed by atoms with Crippen molar-refractivity contribution in [3.8, 4) is 0 Å². The summed E-state index contributed by atoms with van der Waals surface area (Å²) in [6.07, 6.45) is -0.129. The number of hydrogen-bond donors (Lipinski definition) is 7. The molecule has 12 heteroatoms. The molecule has 154 valence electrons. The first-order chi connectivity index (χ1) is 12.5. The molecule has 3 atom stereocenters. The summed E-state index contributed by atoms with van der Waals surface area (Å²) in [6.45, 7) is 3.05. The Balaban J connectivity index is 5.02. The van der Waals surface area contributed by atoms with Gasteiger partial charge in [-0.25, -0.2) is 0 Å². The van der Waals surface area contributed by atoms with E-state index < -0.39 is 54.3 Å². The third-order valence-corrected chi connectivity index (χ3v) is 3.69. The van der Waals surface area contributed by atoms with E-state index in [9.17, 15) is 24.0 Å². The van der Waals surface area contributed by atoms with Crippen LogP contribution in [-0.2, 0) is 24.0 Å². The normalized spacial score (nSPS) is 14.0. The molecule has 0 spiro atoms. The van der Waals surface area contributed by atoms with Crippen molar-refractivity contribution in [2.45, 2.75) is 44.8 Å². The molecular formula is C15H27N5O6S. The highest BCUT2D eigenvalue weighted by Gasteiger charge is 2.28. The third-order valence-electron chi connectivity index (χ3n) is 3.33. The van der Waals surface area contributed by atoms with Crippen LogP contribution in [0.3, 0.4) is 0 Å². The smallest absolute Gasteiger partial charge is 0.322 e. The summed E-state index contributed by atoms with van der Waals surface area (Å²) in [5.41, 5.74) is 10.6. The van der Waals surface area contributed by atoms with E-state index in [0.29, 0.717) is 0 Å². The Morgan fingerprint density at radius 1 is 1.00 bits per heavy atom. The number of aliphatic carboxylic acids is 1. The molecule has 0 rings (SSSR count). The number of nitrogens with one attached hydrogen (secondary N) is 3. The fourth-order valence-electron chi connectivity index (χ4n) is 2.04. The van der Waals surface area contributed by atoms with Crippen LogP contribution in [0.1, 0.15) is 26.7 Å². The Bertz CT molecular complexity index is 571. The second-order valence-electron chi connectivity index (χ2n) is 6.32. The first kappa shape index (κ1) is 24.7. The second kappa shape index (κ2) is 12.1. The molecule has 0 aliphatic heterocycles. The number of carbonyl (C=O) groups excluding carboxylic acids is 4. The van der Waals surface area contributed by atoms with Crippen molar-refractivity contribution >= 4 is 42.2 Å². The third kappa shape index (κ3) is 10.4. The van der Waals surface area contributed by atoms with Gasteiger partial charge in [0.1, 0.15) is 18.6 Å². The number of rotatable bonds is 12. The van der Waals surface area contributed by atoms with Crippen molar-refractivity contribution in [3.05, 3.63) is 0 Å². The molecule has 0 fully saturated rings. The van der Waals surface area contributed by atoms with Crippen molar-refractivity contribution < 1.29 is 29.1 Å². The molecule has 0 heterocycles. The van der Waals surface area contributed by atoms with Crippen LogP contribution in [0.5, 0.6) is 0 Å². The van der Waals surface area contributed by atoms with E-state index in [1.54, 1.807) is 0 Å². The lowest BCUT2D eigenvalue weighted by Gasteiger charge is -2.24.